The monoisotopic (exact) mass is 656 g/mol. The van der Waals surface area contributed by atoms with Crippen molar-refractivity contribution in [1.82, 2.24) is 15.6 Å². The number of halogens is 2. The van der Waals surface area contributed by atoms with Gasteiger partial charge in [0.15, 0.2) is 0 Å². The molecule has 2 N–H and O–H groups in total. The predicted molar refractivity (Wildman–Crippen MR) is 179 cm³/mol. The van der Waals surface area contributed by atoms with Gasteiger partial charge in [-0.3, -0.25) is 14.4 Å². The Kier molecular flexibility index (Phi) is 10.4. The van der Waals surface area contributed by atoms with Gasteiger partial charge in [-0.15, -0.1) is 0 Å². The van der Waals surface area contributed by atoms with E-state index in [0.29, 0.717) is 38.9 Å². The van der Waals surface area contributed by atoms with Crippen LogP contribution >= 0.6 is 23.2 Å². The number of rotatable bonds is 11. The van der Waals surface area contributed by atoms with Gasteiger partial charge in [0.05, 0.1) is 30.1 Å². The van der Waals surface area contributed by atoms with E-state index < -0.39 is 11.8 Å². The molecule has 5 rings (SSSR count). The first-order chi connectivity index (χ1) is 22.2. The number of nitrogens with one attached hydrogen (secondary N) is 2. The van der Waals surface area contributed by atoms with Crippen molar-refractivity contribution in [2.24, 2.45) is 0 Å². The molecule has 234 valence electrons. The summed E-state index contributed by atoms with van der Waals surface area (Å²) in [6, 6.07) is 23.1. The highest BCUT2D eigenvalue weighted by Crippen LogP contribution is 2.35. The fraction of sp³-hybridized carbons (Fsp3) is 0.143. The SMILES string of the molecule is Cc1ccc2cccc(OCc3c(Cl)ccc(N(C)C(=O)CNC(=O)/C=C/c4ccc(C(=O)NCc5ccco5)cc4)c3Cl)c2n1. The van der Waals surface area contributed by atoms with Crippen LogP contribution in [0.2, 0.25) is 10.0 Å². The maximum Gasteiger partial charge on any atom is 0.251 e. The molecule has 2 aromatic heterocycles. The Labute approximate surface area is 275 Å². The topological polar surface area (TPSA) is 114 Å². The summed E-state index contributed by atoms with van der Waals surface area (Å²) < 4.78 is 11.3. The number of ether oxygens (including phenoxy) is 1. The summed E-state index contributed by atoms with van der Waals surface area (Å²) in [6.07, 6.45) is 4.44. The number of benzene rings is 3. The van der Waals surface area contributed by atoms with Crippen molar-refractivity contribution in [3.8, 4) is 5.75 Å². The fourth-order valence-electron chi connectivity index (χ4n) is 4.54. The number of para-hydroxylation sites is 1. The first kappa shape index (κ1) is 32.3. The Morgan fingerprint density at radius 2 is 1.76 bits per heavy atom. The summed E-state index contributed by atoms with van der Waals surface area (Å²) >= 11 is 13.2. The number of amides is 3. The molecule has 3 amide bonds. The van der Waals surface area contributed by atoms with Crippen molar-refractivity contribution in [2.75, 3.05) is 18.5 Å². The third-order valence-corrected chi connectivity index (χ3v) is 7.89. The minimum absolute atomic E-state index is 0.0560. The molecule has 9 nitrogen and oxygen atoms in total. The van der Waals surface area contributed by atoms with E-state index >= 15 is 0 Å². The molecule has 0 unspecified atom stereocenters. The highest BCUT2D eigenvalue weighted by Gasteiger charge is 2.19. The summed E-state index contributed by atoms with van der Waals surface area (Å²) in [6.45, 7) is 1.98. The lowest BCUT2D eigenvalue weighted by molar-refractivity contribution is -0.122. The van der Waals surface area contributed by atoms with Gasteiger partial charge in [0.2, 0.25) is 11.8 Å². The molecule has 2 heterocycles. The number of pyridine rings is 1. The van der Waals surface area contributed by atoms with Crippen LogP contribution in [0, 0.1) is 6.92 Å². The number of aromatic nitrogens is 1. The Balaban J connectivity index is 1.15. The number of hydrogen-bond acceptors (Lipinski definition) is 6. The second-order valence-corrected chi connectivity index (χ2v) is 11.1. The van der Waals surface area contributed by atoms with Crippen molar-refractivity contribution < 1.29 is 23.5 Å². The van der Waals surface area contributed by atoms with Gasteiger partial charge < -0.3 is 24.7 Å². The lowest BCUT2D eigenvalue weighted by Gasteiger charge is -2.21. The zero-order valence-corrected chi connectivity index (χ0v) is 26.6. The van der Waals surface area contributed by atoms with E-state index in [2.05, 4.69) is 15.6 Å². The van der Waals surface area contributed by atoms with E-state index in [-0.39, 0.29) is 30.6 Å². The number of carbonyl (C=O) groups excluding carboxylic acids is 3. The molecule has 5 aromatic rings. The molecule has 11 heteroatoms. The van der Waals surface area contributed by atoms with Crippen LogP contribution in [-0.2, 0) is 22.7 Å². The normalized spacial score (nSPS) is 11.0. The predicted octanol–water partition coefficient (Wildman–Crippen LogP) is 6.74. The van der Waals surface area contributed by atoms with Gasteiger partial charge in [0.1, 0.15) is 23.6 Å². The highest BCUT2D eigenvalue weighted by atomic mass is 35.5. The number of likely N-dealkylation sites (N-methyl/N-ethyl adjacent to an activating group) is 1. The number of anilines is 1. The van der Waals surface area contributed by atoms with Crippen LogP contribution in [0.4, 0.5) is 5.69 Å². The molecule has 0 saturated carbocycles. The summed E-state index contributed by atoms with van der Waals surface area (Å²) in [7, 11) is 1.56. The minimum Gasteiger partial charge on any atom is -0.487 e. The molecule has 0 bridgehead atoms. The van der Waals surface area contributed by atoms with Crippen molar-refractivity contribution >= 4 is 63.6 Å². The summed E-state index contributed by atoms with van der Waals surface area (Å²) in [5.41, 5.74) is 3.69. The first-order valence-electron chi connectivity index (χ1n) is 14.3. The molecule has 0 saturated heterocycles. The number of fused-ring (bicyclic) bond motifs is 1. The van der Waals surface area contributed by atoms with Gasteiger partial charge >= 0.3 is 0 Å². The van der Waals surface area contributed by atoms with E-state index in [1.807, 2.05) is 37.3 Å². The van der Waals surface area contributed by atoms with Crippen LogP contribution in [0.5, 0.6) is 5.75 Å². The largest absolute Gasteiger partial charge is 0.487 e. The number of aryl methyl sites for hydroxylation is 1. The molecule has 0 spiro atoms. The van der Waals surface area contributed by atoms with Crippen LogP contribution in [0.15, 0.2) is 95.6 Å². The number of carbonyl (C=O) groups is 3. The third kappa shape index (κ3) is 7.93. The Morgan fingerprint density at radius 1 is 0.957 bits per heavy atom. The maximum absolute atomic E-state index is 13.0. The molecule has 0 fully saturated rings. The van der Waals surface area contributed by atoms with Gasteiger partial charge in [-0.05, 0) is 67.1 Å². The Hall–Kier alpha value is -5.12. The molecular formula is C35H30Cl2N4O5. The van der Waals surface area contributed by atoms with Crippen molar-refractivity contribution in [2.45, 2.75) is 20.1 Å². The van der Waals surface area contributed by atoms with E-state index in [9.17, 15) is 14.4 Å². The Morgan fingerprint density at radius 3 is 2.52 bits per heavy atom. The average molecular weight is 658 g/mol. The van der Waals surface area contributed by atoms with Crippen molar-refractivity contribution in [3.63, 3.8) is 0 Å². The number of hydrogen-bond donors (Lipinski definition) is 2. The molecule has 0 atom stereocenters. The van der Waals surface area contributed by atoms with Gasteiger partial charge in [-0.1, -0.05) is 53.5 Å². The minimum atomic E-state index is -0.461. The summed E-state index contributed by atoms with van der Waals surface area (Å²) in [5, 5.41) is 6.95. The lowest BCUT2D eigenvalue weighted by Crippen LogP contribution is -2.37. The molecule has 0 aliphatic heterocycles. The van der Waals surface area contributed by atoms with E-state index in [1.165, 1.54) is 11.0 Å². The standard InChI is InChI=1S/C35H30Cl2N4O5/c1-22-8-12-24-5-3-7-30(34(24)40-22)46-21-27-28(36)15-16-29(33(27)37)41(2)32(43)20-38-31(42)17-11-23-9-13-25(14-10-23)35(44)39-19-26-6-4-18-45-26/h3-18H,19-21H2,1-2H3,(H,38,42)(H,39,44)/b17-11+. The number of furan rings is 1. The van der Waals surface area contributed by atoms with Crippen LogP contribution in [0.3, 0.4) is 0 Å². The van der Waals surface area contributed by atoms with Gasteiger partial charge in [0, 0.05) is 40.4 Å². The van der Waals surface area contributed by atoms with Gasteiger partial charge in [-0.2, -0.15) is 0 Å². The smallest absolute Gasteiger partial charge is 0.251 e. The van der Waals surface area contributed by atoms with Crippen LogP contribution in [-0.4, -0.2) is 36.3 Å². The zero-order chi connectivity index (χ0) is 32.6. The van der Waals surface area contributed by atoms with Crippen LogP contribution < -0.4 is 20.3 Å². The van der Waals surface area contributed by atoms with Gasteiger partial charge in [-0.25, -0.2) is 4.98 Å². The molecular weight excluding hydrogens is 627 g/mol. The maximum atomic E-state index is 13.0. The number of nitrogens with zero attached hydrogens (tertiary/aromatic N) is 2. The third-order valence-electron chi connectivity index (χ3n) is 7.11. The molecule has 0 aliphatic carbocycles. The molecule has 0 radical (unpaired) electrons. The average Bonchev–Trinajstić information content (AvgIpc) is 3.59. The van der Waals surface area contributed by atoms with E-state index in [1.54, 1.807) is 67.9 Å². The quantitative estimate of drug-likeness (QED) is 0.152. The second-order valence-electron chi connectivity index (χ2n) is 10.3. The lowest BCUT2D eigenvalue weighted by atomic mass is 10.1. The Bertz CT molecular complexity index is 1910. The second kappa shape index (κ2) is 14.8. The van der Waals surface area contributed by atoms with Gasteiger partial charge in [0.25, 0.3) is 5.91 Å². The van der Waals surface area contributed by atoms with Crippen molar-refractivity contribution in [1.29, 1.82) is 0 Å². The van der Waals surface area contributed by atoms with E-state index in [4.69, 9.17) is 32.4 Å². The summed E-state index contributed by atoms with van der Waals surface area (Å²) in [4.78, 5) is 43.7. The van der Waals surface area contributed by atoms with Crippen LogP contribution in [0.1, 0.15) is 32.9 Å². The van der Waals surface area contributed by atoms with Crippen molar-refractivity contribution in [3.05, 3.63) is 129 Å². The zero-order valence-electron chi connectivity index (χ0n) is 25.1. The first-order valence-corrected chi connectivity index (χ1v) is 15.0. The molecule has 46 heavy (non-hydrogen) atoms. The highest BCUT2D eigenvalue weighted by molar-refractivity contribution is 6.38. The summed E-state index contributed by atoms with van der Waals surface area (Å²) in [5.74, 6) is 0.139. The van der Waals surface area contributed by atoms with Crippen LogP contribution in [0.25, 0.3) is 17.0 Å². The molecule has 3 aromatic carbocycles. The van der Waals surface area contributed by atoms with E-state index in [0.717, 1.165) is 16.6 Å². The molecule has 0 aliphatic rings. The fourth-order valence-corrected chi connectivity index (χ4v) is 5.14.